The van der Waals surface area contributed by atoms with Crippen LogP contribution in [0.4, 0.5) is 5.82 Å². The molecule has 1 aromatic heterocycles. The topological polar surface area (TPSA) is 48.5 Å². The van der Waals surface area contributed by atoms with Gasteiger partial charge in [0.25, 0.3) is 0 Å². The summed E-state index contributed by atoms with van der Waals surface area (Å²) in [5.74, 6) is 0.860. The summed E-state index contributed by atoms with van der Waals surface area (Å²) >= 11 is 6.11. The molecular formula is C22H27ClN4O. The van der Waals surface area contributed by atoms with E-state index in [-0.39, 0.29) is 5.91 Å². The molecule has 0 unspecified atom stereocenters. The summed E-state index contributed by atoms with van der Waals surface area (Å²) in [6, 6.07) is 9.79. The molecule has 0 aliphatic carbocycles. The lowest BCUT2D eigenvalue weighted by Crippen LogP contribution is -2.46. The average molecular weight is 399 g/mol. The number of hydrogen-bond acceptors (Lipinski definition) is 4. The van der Waals surface area contributed by atoms with Crippen molar-refractivity contribution in [2.45, 2.75) is 20.4 Å². The van der Waals surface area contributed by atoms with E-state index in [1.165, 1.54) is 6.08 Å². The number of anilines is 1. The number of hydrogen-bond donors (Lipinski definition) is 1. The quantitative estimate of drug-likeness (QED) is 0.756. The molecule has 1 amide bonds. The smallest absolute Gasteiger partial charge is 0.244 e. The lowest BCUT2D eigenvalue weighted by Gasteiger charge is -2.34. The Morgan fingerprint density at radius 3 is 2.64 bits per heavy atom. The van der Waals surface area contributed by atoms with Crippen LogP contribution in [0, 0.1) is 6.92 Å². The number of nitrogens with zero attached hydrogens (tertiary/aromatic N) is 3. The van der Waals surface area contributed by atoms with Crippen molar-refractivity contribution >= 4 is 29.4 Å². The maximum absolute atomic E-state index is 12.1. The third kappa shape index (κ3) is 5.57. The minimum atomic E-state index is -0.142. The van der Waals surface area contributed by atoms with E-state index in [4.69, 9.17) is 11.6 Å². The number of benzene rings is 1. The summed E-state index contributed by atoms with van der Waals surface area (Å²) in [6.45, 7) is 9.87. The van der Waals surface area contributed by atoms with E-state index in [0.29, 0.717) is 11.6 Å². The van der Waals surface area contributed by atoms with E-state index in [1.807, 2.05) is 43.5 Å². The molecule has 0 atom stereocenters. The highest BCUT2D eigenvalue weighted by atomic mass is 35.5. The third-order valence-corrected chi connectivity index (χ3v) is 5.45. The van der Waals surface area contributed by atoms with Crippen LogP contribution < -0.4 is 10.2 Å². The highest BCUT2D eigenvalue weighted by molar-refractivity contribution is 6.31. The van der Waals surface area contributed by atoms with Gasteiger partial charge in [0.1, 0.15) is 5.82 Å². The molecule has 1 saturated heterocycles. The van der Waals surface area contributed by atoms with Gasteiger partial charge in [0, 0.05) is 50.0 Å². The molecule has 1 aromatic carbocycles. The van der Waals surface area contributed by atoms with Crippen LogP contribution in [0.1, 0.15) is 23.6 Å². The molecule has 148 valence electrons. The van der Waals surface area contributed by atoms with E-state index in [1.54, 1.807) is 6.08 Å². The minimum absolute atomic E-state index is 0.142. The largest absolute Gasteiger partial charge is 0.354 e. The first-order valence-corrected chi connectivity index (χ1v) is 10.1. The summed E-state index contributed by atoms with van der Waals surface area (Å²) in [7, 11) is 0. The van der Waals surface area contributed by atoms with Gasteiger partial charge in [0.2, 0.25) is 5.91 Å². The Hall–Kier alpha value is -2.37. The molecule has 0 bridgehead atoms. The molecule has 3 rings (SSSR count). The Morgan fingerprint density at radius 1 is 1.21 bits per heavy atom. The molecule has 0 saturated carbocycles. The van der Waals surface area contributed by atoms with Crippen LogP contribution in [-0.4, -0.2) is 48.5 Å². The van der Waals surface area contributed by atoms with Gasteiger partial charge in [-0.05, 0) is 48.4 Å². The first-order chi connectivity index (χ1) is 13.5. The number of aryl methyl sites for hydroxylation is 1. The summed E-state index contributed by atoms with van der Waals surface area (Å²) in [6.07, 6.45) is 5.12. The minimum Gasteiger partial charge on any atom is -0.354 e. The highest BCUT2D eigenvalue weighted by Gasteiger charge is 2.16. The molecule has 2 heterocycles. The Labute approximate surface area is 172 Å². The molecule has 1 fully saturated rings. The van der Waals surface area contributed by atoms with E-state index >= 15 is 0 Å². The Kier molecular flexibility index (Phi) is 7.06. The van der Waals surface area contributed by atoms with Gasteiger partial charge in [-0.1, -0.05) is 36.7 Å². The summed E-state index contributed by atoms with van der Waals surface area (Å²) in [4.78, 5) is 21.4. The van der Waals surface area contributed by atoms with Crippen LogP contribution >= 0.6 is 11.6 Å². The normalized spacial score (nSPS) is 15.2. The lowest BCUT2D eigenvalue weighted by atomic mass is 10.1. The number of rotatable bonds is 6. The molecule has 1 aliphatic rings. The van der Waals surface area contributed by atoms with Gasteiger partial charge < -0.3 is 15.1 Å². The second-order valence-electron chi connectivity index (χ2n) is 7.01. The second-order valence-corrected chi connectivity index (χ2v) is 7.41. The van der Waals surface area contributed by atoms with Gasteiger partial charge in [-0.25, -0.2) is 4.98 Å². The van der Waals surface area contributed by atoms with Crippen LogP contribution in [0.3, 0.4) is 0 Å². The number of halogens is 1. The van der Waals surface area contributed by atoms with Crippen molar-refractivity contribution < 1.29 is 4.79 Å². The van der Waals surface area contributed by atoms with Crippen molar-refractivity contribution in [2.24, 2.45) is 0 Å². The molecule has 0 spiro atoms. The van der Waals surface area contributed by atoms with Crippen molar-refractivity contribution in [3.05, 3.63) is 64.3 Å². The van der Waals surface area contributed by atoms with Gasteiger partial charge in [-0.15, -0.1) is 0 Å². The average Bonchev–Trinajstić information content (AvgIpc) is 2.73. The highest BCUT2D eigenvalue weighted by Crippen LogP contribution is 2.17. The predicted octanol–water partition coefficient (Wildman–Crippen LogP) is 3.51. The fraction of sp³-hybridized carbons (Fsp3) is 0.364. The standard InChI is InChI=1S/C22H27ClN4O/c1-3-26-10-12-27(13-11-26)21-8-6-19(15-24-21)16-25-22(28)9-7-18-5-4-17(2)20(23)14-18/h4-9,14-15H,3,10-13,16H2,1-2H3,(H,25,28)/b9-7+. The number of amides is 1. The fourth-order valence-corrected chi connectivity index (χ4v) is 3.32. The number of aromatic nitrogens is 1. The number of likely N-dealkylation sites (N-methyl/N-ethyl adjacent to an activating group) is 1. The Morgan fingerprint density at radius 2 is 2.00 bits per heavy atom. The zero-order chi connectivity index (χ0) is 19.9. The zero-order valence-electron chi connectivity index (χ0n) is 16.5. The molecule has 1 aliphatic heterocycles. The molecule has 2 aromatic rings. The van der Waals surface area contributed by atoms with E-state index in [0.717, 1.165) is 55.2 Å². The molecule has 28 heavy (non-hydrogen) atoms. The van der Waals surface area contributed by atoms with E-state index in [9.17, 15) is 4.79 Å². The molecule has 0 radical (unpaired) electrons. The molecular weight excluding hydrogens is 372 g/mol. The van der Waals surface area contributed by atoms with Gasteiger partial charge in [-0.3, -0.25) is 4.79 Å². The SMILES string of the molecule is CCN1CCN(c2ccc(CNC(=O)/C=C/c3ccc(C)c(Cl)c3)cn2)CC1. The van der Waals surface area contributed by atoms with Crippen LogP contribution in [0.5, 0.6) is 0 Å². The number of piperazine rings is 1. The van der Waals surface area contributed by atoms with Gasteiger partial charge in [0.05, 0.1) is 0 Å². The first-order valence-electron chi connectivity index (χ1n) is 9.69. The van der Waals surface area contributed by atoms with Crippen molar-refractivity contribution in [1.82, 2.24) is 15.2 Å². The van der Waals surface area contributed by atoms with Crippen LogP contribution in [-0.2, 0) is 11.3 Å². The zero-order valence-corrected chi connectivity index (χ0v) is 17.2. The van der Waals surface area contributed by atoms with Gasteiger partial charge >= 0.3 is 0 Å². The number of carbonyl (C=O) groups excluding carboxylic acids is 1. The number of carbonyl (C=O) groups is 1. The molecule has 1 N–H and O–H groups in total. The monoisotopic (exact) mass is 398 g/mol. The van der Waals surface area contributed by atoms with E-state index in [2.05, 4.69) is 27.0 Å². The Bertz CT molecular complexity index is 827. The van der Waals surface area contributed by atoms with Crippen LogP contribution in [0.2, 0.25) is 5.02 Å². The van der Waals surface area contributed by atoms with Gasteiger partial charge in [0.15, 0.2) is 0 Å². The first kappa shape index (κ1) is 20.4. The summed E-state index contributed by atoms with van der Waals surface area (Å²) in [5, 5.41) is 3.59. The van der Waals surface area contributed by atoms with Crippen molar-refractivity contribution in [2.75, 3.05) is 37.6 Å². The van der Waals surface area contributed by atoms with Gasteiger partial charge in [-0.2, -0.15) is 0 Å². The molecule has 6 heteroatoms. The summed E-state index contributed by atoms with van der Waals surface area (Å²) in [5.41, 5.74) is 2.91. The predicted molar refractivity (Wildman–Crippen MR) is 116 cm³/mol. The van der Waals surface area contributed by atoms with Crippen molar-refractivity contribution in [3.63, 3.8) is 0 Å². The Balaban J connectivity index is 1.48. The summed E-state index contributed by atoms with van der Waals surface area (Å²) < 4.78 is 0. The lowest BCUT2D eigenvalue weighted by molar-refractivity contribution is -0.116. The maximum Gasteiger partial charge on any atom is 0.244 e. The number of pyridine rings is 1. The third-order valence-electron chi connectivity index (χ3n) is 5.04. The number of nitrogens with one attached hydrogen (secondary N) is 1. The second kappa shape index (κ2) is 9.71. The van der Waals surface area contributed by atoms with Crippen molar-refractivity contribution in [1.29, 1.82) is 0 Å². The van der Waals surface area contributed by atoms with Crippen LogP contribution in [0.15, 0.2) is 42.6 Å². The fourth-order valence-electron chi connectivity index (χ4n) is 3.13. The van der Waals surface area contributed by atoms with E-state index < -0.39 is 0 Å². The maximum atomic E-state index is 12.1. The molecule has 5 nitrogen and oxygen atoms in total. The van der Waals surface area contributed by atoms with Crippen LogP contribution in [0.25, 0.3) is 6.08 Å². The van der Waals surface area contributed by atoms with Crippen molar-refractivity contribution in [3.8, 4) is 0 Å².